The monoisotopic (exact) mass is 346 g/mol. The summed E-state index contributed by atoms with van der Waals surface area (Å²) >= 11 is 0. The Morgan fingerprint density at radius 1 is 1.33 bits per heavy atom. The van der Waals surface area contributed by atoms with Crippen LogP contribution in [-0.2, 0) is 10.0 Å². The highest BCUT2D eigenvalue weighted by Gasteiger charge is 2.15. The Morgan fingerprint density at radius 3 is 2.50 bits per heavy atom. The quantitative estimate of drug-likeness (QED) is 0.850. The lowest BCUT2D eigenvalue weighted by Crippen LogP contribution is -2.27. The normalized spacial score (nSPS) is 12.3. The second-order valence-electron chi connectivity index (χ2n) is 5.95. The molecule has 6 heteroatoms. The van der Waals surface area contributed by atoms with Gasteiger partial charge >= 0.3 is 0 Å². The molecule has 0 amide bonds. The van der Waals surface area contributed by atoms with E-state index in [1.54, 1.807) is 12.3 Å². The van der Waals surface area contributed by atoms with Gasteiger partial charge in [-0.3, -0.25) is 9.29 Å². The molecule has 0 saturated heterocycles. The Hall–Kier alpha value is -2.34. The molecule has 0 aliphatic carbocycles. The number of hydrogen-bond donors (Lipinski definition) is 0. The van der Waals surface area contributed by atoms with Crippen molar-refractivity contribution in [2.75, 3.05) is 13.3 Å². The number of hydrogen-bond acceptors (Lipinski definition) is 4. The Bertz CT molecular complexity index is 980. The summed E-state index contributed by atoms with van der Waals surface area (Å²) in [5.41, 5.74) is 3.72. The predicted octanol–water partition coefficient (Wildman–Crippen LogP) is 2.03. The third-order valence-electron chi connectivity index (χ3n) is 3.65. The second kappa shape index (κ2) is 6.65. The van der Waals surface area contributed by atoms with Gasteiger partial charge in [0.1, 0.15) is 11.2 Å². The molecule has 0 atom stereocenters. The Labute approximate surface area is 142 Å². The van der Waals surface area contributed by atoms with E-state index in [0.717, 1.165) is 16.8 Å². The van der Waals surface area contributed by atoms with E-state index in [1.807, 2.05) is 39.0 Å². The van der Waals surface area contributed by atoms with Gasteiger partial charge in [0.15, 0.2) is 0 Å². The standard InChI is InChI=1S/C18H22N2O3S/c1-12(2)16(20(5)24(6,21)22)10-17-13(3)9-18(23-17)15-8-7-14(4)19-11-15/h7-11H,3H2,1-2,4-6H3/b17-10+. The molecule has 0 aromatic carbocycles. The minimum atomic E-state index is -3.36. The van der Waals surface area contributed by atoms with Crippen LogP contribution in [0.2, 0.25) is 0 Å². The van der Waals surface area contributed by atoms with Crippen molar-refractivity contribution in [2.24, 2.45) is 0 Å². The average molecular weight is 346 g/mol. The largest absolute Gasteiger partial charge is 0.456 e. The third-order valence-corrected chi connectivity index (χ3v) is 4.85. The minimum Gasteiger partial charge on any atom is -0.456 e. The van der Waals surface area contributed by atoms with Crippen LogP contribution in [0, 0.1) is 6.92 Å². The molecular formula is C18H22N2O3S. The number of rotatable bonds is 4. The Morgan fingerprint density at radius 2 is 2.00 bits per heavy atom. The molecule has 5 nitrogen and oxygen atoms in total. The van der Waals surface area contributed by atoms with Crippen molar-refractivity contribution in [3.63, 3.8) is 0 Å². The topological polar surface area (TPSA) is 63.4 Å². The van der Waals surface area contributed by atoms with Crippen molar-refractivity contribution in [3.8, 4) is 11.3 Å². The van der Waals surface area contributed by atoms with E-state index in [2.05, 4.69) is 11.6 Å². The van der Waals surface area contributed by atoms with Gasteiger partial charge in [-0.25, -0.2) is 8.42 Å². The van der Waals surface area contributed by atoms with Crippen molar-refractivity contribution >= 4 is 22.7 Å². The molecule has 128 valence electrons. The number of aromatic nitrogens is 1. The zero-order valence-electron chi connectivity index (χ0n) is 14.6. The molecule has 0 fully saturated rings. The lowest BCUT2D eigenvalue weighted by Gasteiger charge is -2.19. The molecule has 0 unspecified atom stereocenters. The van der Waals surface area contributed by atoms with Crippen molar-refractivity contribution in [3.05, 3.63) is 52.0 Å². The zero-order chi connectivity index (χ0) is 18.1. The highest BCUT2D eigenvalue weighted by molar-refractivity contribution is 7.88. The maximum absolute atomic E-state index is 11.8. The number of pyridine rings is 1. The van der Waals surface area contributed by atoms with Gasteiger partial charge in [0.05, 0.1) is 12.0 Å². The van der Waals surface area contributed by atoms with Crippen LogP contribution in [0.25, 0.3) is 24.0 Å². The lowest BCUT2D eigenvalue weighted by molar-refractivity contribution is 0.529. The van der Waals surface area contributed by atoms with E-state index in [0.29, 0.717) is 22.1 Å². The van der Waals surface area contributed by atoms with Crippen LogP contribution in [-0.4, -0.2) is 31.0 Å². The first-order valence-corrected chi connectivity index (χ1v) is 9.29. The van der Waals surface area contributed by atoms with Crippen molar-refractivity contribution in [2.45, 2.75) is 20.8 Å². The molecule has 0 aliphatic rings. The number of nitrogens with zero attached hydrogens (tertiary/aromatic N) is 2. The van der Waals surface area contributed by atoms with Crippen molar-refractivity contribution in [1.82, 2.24) is 9.29 Å². The number of sulfonamides is 1. The lowest BCUT2D eigenvalue weighted by atomic mass is 10.2. The van der Waals surface area contributed by atoms with Gasteiger partial charge in [-0.05, 0) is 39.0 Å². The smallest absolute Gasteiger partial charge is 0.231 e. The van der Waals surface area contributed by atoms with Crippen LogP contribution in [0.3, 0.4) is 0 Å². The third kappa shape index (κ3) is 3.94. The SMILES string of the molecule is C=c1cc(-c2ccc(C)nc2)o/c1=C/C(=C(C)C)N(C)S(C)(=O)=O. The summed E-state index contributed by atoms with van der Waals surface area (Å²) in [6.45, 7) is 9.60. The van der Waals surface area contributed by atoms with Crippen LogP contribution in [0.1, 0.15) is 19.5 Å². The van der Waals surface area contributed by atoms with Gasteiger partial charge in [0.25, 0.3) is 0 Å². The predicted molar refractivity (Wildman–Crippen MR) is 96.9 cm³/mol. The highest BCUT2D eigenvalue weighted by atomic mass is 32.2. The summed E-state index contributed by atoms with van der Waals surface area (Å²) in [7, 11) is -1.84. The van der Waals surface area contributed by atoms with Crippen LogP contribution in [0.4, 0.5) is 0 Å². The fraction of sp³-hybridized carbons (Fsp3) is 0.278. The summed E-state index contributed by atoms with van der Waals surface area (Å²) in [6, 6.07) is 5.65. The number of allylic oxidation sites excluding steroid dienone is 2. The molecule has 2 heterocycles. The van der Waals surface area contributed by atoms with Gasteiger partial charge < -0.3 is 4.42 Å². The molecule has 0 saturated carbocycles. The first kappa shape index (κ1) is 18.0. The molecule has 2 aromatic rings. The second-order valence-corrected chi connectivity index (χ2v) is 7.96. The Kier molecular flexibility index (Phi) is 4.99. The van der Waals surface area contributed by atoms with E-state index in [1.165, 1.54) is 17.6 Å². The van der Waals surface area contributed by atoms with Crippen LogP contribution in [0.15, 0.2) is 40.1 Å². The van der Waals surface area contributed by atoms with E-state index in [-0.39, 0.29) is 0 Å². The van der Waals surface area contributed by atoms with Gasteiger partial charge in [-0.1, -0.05) is 12.2 Å². The highest BCUT2D eigenvalue weighted by Crippen LogP contribution is 2.17. The molecule has 0 spiro atoms. The zero-order valence-corrected chi connectivity index (χ0v) is 15.4. The van der Waals surface area contributed by atoms with Crippen LogP contribution < -0.4 is 10.6 Å². The molecule has 0 aliphatic heterocycles. The summed E-state index contributed by atoms with van der Waals surface area (Å²) in [6.07, 6.45) is 4.60. The maximum Gasteiger partial charge on any atom is 0.231 e. The molecule has 24 heavy (non-hydrogen) atoms. The minimum absolute atomic E-state index is 0.525. The molecule has 2 aromatic heterocycles. The van der Waals surface area contributed by atoms with Crippen LogP contribution in [0.5, 0.6) is 0 Å². The van der Waals surface area contributed by atoms with Gasteiger partial charge in [0.2, 0.25) is 10.0 Å². The van der Waals surface area contributed by atoms with E-state index in [4.69, 9.17) is 4.42 Å². The summed E-state index contributed by atoms with van der Waals surface area (Å²) in [5, 5.41) is 0.686. The van der Waals surface area contributed by atoms with E-state index >= 15 is 0 Å². The number of furan rings is 1. The van der Waals surface area contributed by atoms with Crippen molar-refractivity contribution < 1.29 is 12.8 Å². The maximum atomic E-state index is 11.8. The fourth-order valence-corrected chi connectivity index (χ4v) is 2.77. The van der Waals surface area contributed by atoms with Gasteiger partial charge in [0, 0.05) is 35.8 Å². The average Bonchev–Trinajstić information content (AvgIpc) is 2.84. The molecule has 0 N–H and O–H groups in total. The van der Waals surface area contributed by atoms with Gasteiger partial charge in [-0.2, -0.15) is 0 Å². The fourth-order valence-electron chi connectivity index (χ4n) is 2.17. The van der Waals surface area contributed by atoms with Gasteiger partial charge in [-0.15, -0.1) is 0 Å². The first-order chi connectivity index (χ1) is 11.1. The number of aryl methyl sites for hydroxylation is 1. The van der Waals surface area contributed by atoms with E-state index in [9.17, 15) is 8.42 Å². The first-order valence-electron chi connectivity index (χ1n) is 7.44. The van der Waals surface area contributed by atoms with Crippen molar-refractivity contribution in [1.29, 1.82) is 0 Å². The molecular weight excluding hydrogens is 324 g/mol. The Balaban J connectivity index is 2.56. The summed E-state index contributed by atoms with van der Waals surface area (Å²) in [5.74, 6) is 0.647. The molecule has 0 bridgehead atoms. The molecule has 0 radical (unpaired) electrons. The van der Waals surface area contributed by atoms with Crippen LogP contribution >= 0.6 is 0 Å². The summed E-state index contributed by atoms with van der Waals surface area (Å²) in [4.78, 5) is 4.26. The molecule has 2 rings (SSSR count). The summed E-state index contributed by atoms with van der Waals surface area (Å²) < 4.78 is 30.8. The van der Waals surface area contributed by atoms with E-state index < -0.39 is 10.0 Å².